The Kier molecular flexibility index (Phi) is 7.44. The molecule has 4 N–H and O–H groups in total. The highest BCUT2D eigenvalue weighted by molar-refractivity contribution is 5.76. The molecule has 1 aliphatic heterocycles. The molecule has 7 nitrogen and oxygen atoms in total. The molecule has 43 heavy (non-hydrogen) atoms. The van der Waals surface area contributed by atoms with Crippen molar-refractivity contribution in [2.75, 3.05) is 0 Å². The Morgan fingerprint density at radius 3 is 2.21 bits per heavy atom. The summed E-state index contributed by atoms with van der Waals surface area (Å²) in [6, 6.07) is 0. The van der Waals surface area contributed by atoms with Crippen LogP contribution in [0.2, 0.25) is 0 Å². The predicted molar refractivity (Wildman–Crippen MR) is 164 cm³/mol. The van der Waals surface area contributed by atoms with Crippen LogP contribution in [0.25, 0.3) is 0 Å². The second kappa shape index (κ2) is 10.0. The Labute approximate surface area is 258 Å². The lowest BCUT2D eigenvalue weighted by Gasteiger charge is -2.71. The van der Waals surface area contributed by atoms with Gasteiger partial charge in [-0.05, 0) is 116 Å². The number of carbonyl (C=O) groups is 1. The first-order valence-electron chi connectivity index (χ1n) is 17.1. The second-order valence-electron chi connectivity index (χ2n) is 17.8. The molecule has 1 heterocycles. The summed E-state index contributed by atoms with van der Waals surface area (Å²) in [6.07, 6.45) is 6.63. The molecular weight excluding hydrogens is 544 g/mol. The fourth-order valence-electron chi connectivity index (χ4n) is 12.1. The number of hydrogen-bond acceptors (Lipinski definition) is 6. The average molecular weight is 603 g/mol. The van der Waals surface area contributed by atoms with E-state index in [0.717, 1.165) is 64.2 Å². The van der Waals surface area contributed by atoms with Crippen LogP contribution in [0.15, 0.2) is 11.6 Å². The lowest BCUT2D eigenvalue weighted by atomic mass is 9.33. The Hall–Kier alpha value is -0.990. The van der Waals surface area contributed by atoms with Gasteiger partial charge in [0.2, 0.25) is 0 Å². The first-order valence-corrected chi connectivity index (χ1v) is 17.1. The number of carboxylic acids is 1. The van der Waals surface area contributed by atoms with E-state index in [1.165, 1.54) is 5.57 Å². The van der Waals surface area contributed by atoms with Gasteiger partial charge in [0.25, 0.3) is 0 Å². The summed E-state index contributed by atoms with van der Waals surface area (Å²) in [6.45, 7) is 18.5. The molecule has 13 atom stereocenters. The van der Waals surface area contributed by atoms with E-state index in [4.69, 9.17) is 9.47 Å². The summed E-state index contributed by atoms with van der Waals surface area (Å²) in [5.41, 5.74) is 1.02. The fourth-order valence-corrected chi connectivity index (χ4v) is 12.1. The van der Waals surface area contributed by atoms with Crippen molar-refractivity contribution in [3.05, 3.63) is 11.6 Å². The number of hydrogen-bond donors (Lipinski definition) is 4. The summed E-state index contributed by atoms with van der Waals surface area (Å²) < 4.78 is 12.4. The first kappa shape index (κ1) is 32.0. The molecule has 0 aromatic heterocycles. The summed E-state index contributed by atoms with van der Waals surface area (Å²) in [5.74, 6) is 0.451. The van der Waals surface area contributed by atoms with Gasteiger partial charge in [-0.3, -0.25) is 4.79 Å². The van der Waals surface area contributed by atoms with Gasteiger partial charge < -0.3 is 29.9 Å². The molecule has 6 aliphatic rings. The van der Waals surface area contributed by atoms with Crippen LogP contribution in [-0.2, 0) is 14.3 Å². The minimum Gasteiger partial charge on any atom is -0.481 e. The van der Waals surface area contributed by atoms with Crippen molar-refractivity contribution in [2.45, 2.75) is 156 Å². The Balaban J connectivity index is 1.30. The van der Waals surface area contributed by atoms with Crippen molar-refractivity contribution in [3.8, 4) is 0 Å². The van der Waals surface area contributed by atoms with Gasteiger partial charge in [-0.25, -0.2) is 0 Å². The number of aliphatic hydroxyl groups is 3. The number of carboxylic acid groups (broad SMARTS) is 1. The maximum atomic E-state index is 12.9. The van der Waals surface area contributed by atoms with Crippen LogP contribution >= 0.6 is 0 Å². The Bertz CT molecular complexity index is 1160. The fraction of sp³-hybridized carbons (Fsp3) is 0.917. The highest BCUT2D eigenvalue weighted by Gasteiger charge is 2.69. The third kappa shape index (κ3) is 4.33. The SMILES string of the molecule is C[C@@H]1O[C@@H](O[C@H]2CC[C@]3(C)[C@H]4CC=C5[C@@H]6CC(C)(C)CC[C@]6(C(=O)O)CC[C@@]5(C)[C@]4(C)CC[C@H]3C2(C)C)[C@H](O)[C@H](O)[C@H]1O. The number of fused-ring (bicyclic) bond motifs is 7. The molecule has 244 valence electrons. The molecule has 0 spiro atoms. The van der Waals surface area contributed by atoms with Crippen LogP contribution < -0.4 is 0 Å². The molecule has 7 heteroatoms. The number of aliphatic hydroxyl groups excluding tert-OH is 3. The minimum absolute atomic E-state index is 0.00835. The van der Waals surface area contributed by atoms with E-state index in [9.17, 15) is 25.2 Å². The molecule has 1 saturated heterocycles. The molecule has 0 aromatic carbocycles. The van der Waals surface area contributed by atoms with Crippen molar-refractivity contribution < 1.29 is 34.7 Å². The molecule has 0 amide bonds. The molecule has 0 aromatic rings. The number of rotatable bonds is 3. The van der Waals surface area contributed by atoms with Crippen LogP contribution in [0, 0.1) is 50.2 Å². The summed E-state index contributed by atoms with van der Waals surface area (Å²) in [5, 5.41) is 41.9. The van der Waals surface area contributed by atoms with E-state index >= 15 is 0 Å². The van der Waals surface area contributed by atoms with Crippen molar-refractivity contribution in [3.63, 3.8) is 0 Å². The van der Waals surface area contributed by atoms with Crippen molar-refractivity contribution in [1.82, 2.24) is 0 Å². The highest BCUT2D eigenvalue weighted by atomic mass is 16.7. The summed E-state index contributed by atoms with van der Waals surface area (Å²) in [7, 11) is 0. The summed E-state index contributed by atoms with van der Waals surface area (Å²) >= 11 is 0. The Morgan fingerprint density at radius 2 is 1.53 bits per heavy atom. The molecule has 6 rings (SSSR count). The second-order valence-corrected chi connectivity index (χ2v) is 17.8. The van der Waals surface area contributed by atoms with E-state index in [-0.39, 0.29) is 39.1 Å². The first-order chi connectivity index (χ1) is 19.8. The molecule has 0 bridgehead atoms. The van der Waals surface area contributed by atoms with Gasteiger partial charge in [0.05, 0.1) is 17.6 Å². The van der Waals surface area contributed by atoms with Gasteiger partial charge in [0.1, 0.15) is 18.3 Å². The van der Waals surface area contributed by atoms with Crippen molar-refractivity contribution in [1.29, 1.82) is 0 Å². The maximum absolute atomic E-state index is 12.9. The molecule has 4 saturated carbocycles. The highest BCUT2D eigenvalue weighted by Crippen LogP contribution is 2.76. The van der Waals surface area contributed by atoms with Crippen LogP contribution in [0.3, 0.4) is 0 Å². The molecule has 0 unspecified atom stereocenters. The minimum atomic E-state index is -1.30. The molecule has 5 fully saturated rings. The smallest absolute Gasteiger partial charge is 0.310 e. The van der Waals surface area contributed by atoms with E-state index in [2.05, 4.69) is 54.5 Å². The monoisotopic (exact) mass is 602 g/mol. The molecule has 5 aliphatic carbocycles. The van der Waals surface area contributed by atoms with Gasteiger partial charge >= 0.3 is 5.97 Å². The average Bonchev–Trinajstić information content (AvgIpc) is 2.91. The largest absolute Gasteiger partial charge is 0.481 e. The normalized spacial score (nSPS) is 53.8. The van der Waals surface area contributed by atoms with Crippen LogP contribution in [0.1, 0.15) is 120 Å². The van der Waals surface area contributed by atoms with Gasteiger partial charge in [-0.15, -0.1) is 0 Å². The third-order valence-corrected chi connectivity index (χ3v) is 15.1. The number of allylic oxidation sites excluding steroid dienone is 2. The van der Waals surface area contributed by atoms with Crippen LogP contribution in [0.4, 0.5) is 0 Å². The molecular formula is C36H58O7. The number of ether oxygens (including phenoxy) is 2. The van der Waals surface area contributed by atoms with E-state index in [1.54, 1.807) is 6.92 Å². The lowest BCUT2D eigenvalue weighted by molar-refractivity contribution is -0.324. The topological polar surface area (TPSA) is 116 Å². The van der Waals surface area contributed by atoms with E-state index in [1.807, 2.05) is 0 Å². The zero-order valence-electron chi connectivity index (χ0n) is 27.9. The zero-order valence-corrected chi connectivity index (χ0v) is 27.9. The molecule has 0 radical (unpaired) electrons. The van der Waals surface area contributed by atoms with E-state index in [0.29, 0.717) is 11.8 Å². The lowest BCUT2D eigenvalue weighted by Crippen LogP contribution is -2.66. The van der Waals surface area contributed by atoms with E-state index < -0.39 is 42.1 Å². The van der Waals surface area contributed by atoms with Crippen molar-refractivity contribution >= 4 is 5.97 Å². The van der Waals surface area contributed by atoms with Gasteiger partial charge in [-0.1, -0.05) is 60.1 Å². The van der Waals surface area contributed by atoms with Crippen LogP contribution in [-0.4, -0.2) is 63.2 Å². The zero-order chi connectivity index (χ0) is 31.5. The number of aliphatic carboxylic acids is 1. The van der Waals surface area contributed by atoms with Gasteiger partial charge in [0, 0.05) is 0 Å². The van der Waals surface area contributed by atoms with Crippen LogP contribution in [0.5, 0.6) is 0 Å². The third-order valence-electron chi connectivity index (χ3n) is 15.1. The Morgan fingerprint density at radius 1 is 0.860 bits per heavy atom. The van der Waals surface area contributed by atoms with Gasteiger partial charge in [-0.2, -0.15) is 0 Å². The summed E-state index contributed by atoms with van der Waals surface area (Å²) in [4.78, 5) is 12.9. The quantitative estimate of drug-likeness (QED) is 0.228. The maximum Gasteiger partial charge on any atom is 0.310 e. The predicted octanol–water partition coefficient (Wildman–Crippen LogP) is 6.09. The van der Waals surface area contributed by atoms with Gasteiger partial charge in [0.15, 0.2) is 6.29 Å². The standard InChI is InChI=1S/C36H58O7/c1-20-26(37)27(38)28(39)29(42-20)43-25-12-13-33(6)23(32(25,4)5)11-14-35(8)24(33)10-9-21-22-19-31(2,3)15-17-36(22,30(40)41)18-16-34(21,35)7/h9,20,22-29,37-39H,10-19H2,1-8H3,(H,40,41)/t20-,22-,23-,24+,25-,26-,27+,28+,29-,33-,34+,35+,36-/m0/s1. The van der Waals surface area contributed by atoms with Crippen molar-refractivity contribution in [2.24, 2.45) is 50.2 Å².